The van der Waals surface area contributed by atoms with Crippen LogP contribution in [0.2, 0.25) is 0 Å². The van der Waals surface area contributed by atoms with Crippen molar-refractivity contribution in [3.05, 3.63) is 65.2 Å². The molecule has 0 amide bonds. The normalized spacial score (nSPS) is 20.2. The standard InChI is InChI=1S/C21H23NO4S/c23-21(26-20-13-10-16-6-2-3-7-19(16)20)17-8-11-18(12-9-17)27(24,25)22-14-4-1-5-15-22/h2-3,6-9,11-12,20H,1,4-5,10,13-15H2/t20-/m0/s1. The molecule has 4 rings (SSSR count). The second-order valence-corrected chi connectivity index (χ2v) is 9.06. The molecule has 2 aromatic rings. The first-order chi connectivity index (χ1) is 13.1. The molecule has 5 nitrogen and oxygen atoms in total. The van der Waals surface area contributed by atoms with Crippen LogP contribution in [0.15, 0.2) is 53.4 Å². The van der Waals surface area contributed by atoms with Crippen LogP contribution in [0.5, 0.6) is 0 Å². The van der Waals surface area contributed by atoms with Crippen molar-refractivity contribution in [2.24, 2.45) is 0 Å². The first-order valence-corrected chi connectivity index (χ1v) is 10.9. The third kappa shape index (κ3) is 3.64. The molecule has 1 aliphatic carbocycles. The fourth-order valence-corrected chi connectivity index (χ4v) is 5.37. The van der Waals surface area contributed by atoms with Gasteiger partial charge >= 0.3 is 5.97 Å². The van der Waals surface area contributed by atoms with Gasteiger partial charge in [0.1, 0.15) is 6.10 Å². The second-order valence-electron chi connectivity index (χ2n) is 7.12. The van der Waals surface area contributed by atoms with E-state index in [-0.39, 0.29) is 11.0 Å². The Hall–Kier alpha value is -2.18. The Kier molecular flexibility index (Phi) is 5.02. The number of hydrogen-bond acceptors (Lipinski definition) is 4. The van der Waals surface area contributed by atoms with E-state index in [2.05, 4.69) is 6.07 Å². The summed E-state index contributed by atoms with van der Waals surface area (Å²) in [6.45, 7) is 1.13. The Balaban J connectivity index is 1.47. The molecule has 1 aliphatic heterocycles. The van der Waals surface area contributed by atoms with E-state index in [1.807, 2.05) is 18.2 Å². The van der Waals surface area contributed by atoms with Crippen LogP contribution in [0.4, 0.5) is 0 Å². The minimum absolute atomic E-state index is 0.229. The molecule has 2 aromatic carbocycles. The van der Waals surface area contributed by atoms with Crippen LogP contribution in [-0.2, 0) is 21.2 Å². The monoisotopic (exact) mass is 385 g/mol. The lowest BCUT2D eigenvalue weighted by Crippen LogP contribution is -2.35. The summed E-state index contributed by atoms with van der Waals surface area (Å²) in [4.78, 5) is 12.7. The Morgan fingerprint density at radius 2 is 1.67 bits per heavy atom. The van der Waals surface area contributed by atoms with Crippen molar-refractivity contribution in [3.63, 3.8) is 0 Å². The molecule has 0 spiro atoms. The topological polar surface area (TPSA) is 63.7 Å². The molecule has 0 aromatic heterocycles. The van der Waals surface area contributed by atoms with Crippen LogP contribution >= 0.6 is 0 Å². The van der Waals surface area contributed by atoms with E-state index in [1.165, 1.54) is 22.0 Å². The SMILES string of the molecule is O=C(O[C@H]1CCc2ccccc21)c1ccc(S(=O)(=O)N2CCCCC2)cc1. The highest BCUT2D eigenvalue weighted by molar-refractivity contribution is 7.89. The minimum atomic E-state index is -3.49. The summed E-state index contributed by atoms with van der Waals surface area (Å²) >= 11 is 0. The Bertz CT molecular complexity index is 931. The highest BCUT2D eigenvalue weighted by Crippen LogP contribution is 2.34. The number of esters is 1. The van der Waals surface area contributed by atoms with E-state index < -0.39 is 16.0 Å². The maximum absolute atomic E-state index is 12.7. The highest BCUT2D eigenvalue weighted by atomic mass is 32.2. The molecular formula is C21H23NO4S. The lowest BCUT2D eigenvalue weighted by Gasteiger charge is -2.25. The third-order valence-corrected chi connectivity index (χ3v) is 7.28. The van der Waals surface area contributed by atoms with E-state index in [9.17, 15) is 13.2 Å². The zero-order valence-corrected chi connectivity index (χ0v) is 16.0. The number of benzene rings is 2. The van der Waals surface area contributed by atoms with Gasteiger partial charge in [0.25, 0.3) is 0 Å². The smallest absolute Gasteiger partial charge is 0.338 e. The van der Waals surface area contributed by atoms with E-state index in [0.29, 0.717) is 18.7 Å². The van der Waals surface area contributed by atoms with Gasteiger partial charge in [-0.05, 0) is 61.1 Å². The van der Waals surface area contributed by atoms with Crippen molar-refractivity contribution in [1.29, 1.82) is 0 Å². The first-order valence-electron chi connectivity index (χ1n) is 9.45. The van der Waals surface area contributed by atoms with Crippen LogP contribution < -0.4 is 0 Å². The molecule has 0 radical (unpaired) electrons. The second kappa shape index (κ2) is 7.44. The van der Waals surface area contributed by atoms with Crippen molar-refractivity contribution < 1.29 is 17.9 Å². The number of hydrogen-bond donors (Lipinski definition) is 0. The molecule has 1 atom stereocenters. The molecule has 142 valence electrons. The van der Waals surface area contributed by atoms with Gasteiger partial charge in [-0.1, -0.05) is 30.7 Å². The number of sulfonamides is 1. The average Bonchev–Trinajstić information content (AvgIpc) is 3.12. The van der Waals surface area contributed by atoms with Gasteiger partial charge in [0, 0.05) is 13.1 Å². The van der Waals surface area contributed by atoms with Crippen LogP contribution in [0.25, 0.3) is 0 Å². The summed E-state index contributed by atoms with van der Waals surface area (Å²) in [7, 11) is -3.49. The predicted octanol–water partition coefficient (Wildman–Crippen LogP) is 3.71. The fourth-order valence-electron chi connectivity index (χ4n) is 3.86. The zero-order valence-electron chi connectivity index (χ0n) is 15.1. The van der Waals surface area contributed by atoms with E-state index in [1.54, 1.807) is 12.1 Å². The number of rotatable bonds is 4. The summed E-state index contributed by atoms with van der Waals surface area (Å²) in [6.07, 6.45) is 4.32. The lowest BCUT2D eigenvalue weighted by molar-refractivity contribution is 0.0301. The number of fused-ring (bicyclic) bond motifs is 1. The number of carbonyl (C=O) groups is 1. The summed E-state index contributed by atoms with van der Waals surface area (Å²) in [5.74, 6) is -0.418. The molecular weight excluding hydrogens is 362 g/mol. The average molecular weight is 385 g/mol. The molecule has 0 bridgehead atoms. The van der Waals surface area contributed by atoms with Crippen molar-refractivity contribution in [2.45, 2.75) is 43.1 Å². The molecule has 1 saturated heterocycles. The van der Waals surface area contributed by atoms with Gasteiger partial charge in [-0.2, -0.15) is 4.31 Å². The quantitative estimate of drug-likeness (QED) is 0.753. The predicted molar refractivity (Wildman–Crippen MR) is 102 cm³/mol. The van der Waals surface area contributed by atoms with E-state index >= 15 is 0 Å². The van der Waals surface area contributed by atoms with E-state index in [4.69, 9.17) is 4.74 Å². The van der Waals surface area contributed by atoms with Gasteiger partial charge in [-0.25, -0.2) is 13.2 Å². The van der Waals surface area contributed by atoms with E-state index in [0.717, 1.165) is 37.7 Å². The van der Waals surface area contributed by atoms with Gasteiger partial charge in [0.15, 0.2) is 0 Å². The van der Waals surface area contributed by atoms with Gasteiger partial charge < -0.3 is 4.74 Å². The van der Waals surface area contributed by atoms with Crippen LogP contribution in [0.3, 0.4) is 0 Å². The molecule has 1 fully saturated rings. The Labute approximate surface area is 160 Å². The molecule has 0 saturated carbocycles. The summed E-state index contributed by atoms with van der Waals surface area (Å²) in [5, 5.41) is 0. The molecule has 6 heteroatoms. The number of aryl methyl sites for hydroxylation is 1. The van der Waals surface area contributed by atoms with Gasteiger partial charge in [-0.3, -0.25) is 0 Å². The molecule has 1 heterocycles. The number of ether oxygens (including phenoxy) is 1. The maximum atomic E-state index is 12.7. The van der Waals surface area contributed by atoms with Gasteiger partial charge in [0.2, 0.25) is 10.0 Å². The minimum Gasteiger partial charge on any atom is -0.454 e. The van der Waals surface area contributed by atoms with Crippen molar-refractivity contribution >= 4 is 16.0 Å². The number of nitrogens with zero attached hydrogens (tertiary/aromatic N) is 1. The Morgan fingerprint density at radius 3 is 2.41 bits per heavy atom. The van der Waals surface area contributed by atoms with Crippen molar-refractivity contribution in [2.75, 3.05) is 13.1 Å². The molecule has 0 N–H and O–H groups in total. The fraction of sp³-hybridized carbons (Fsp3) is 0.381. The maximum Gasteiger partial charge on any atom is 0.338 e. The first kappa shape index (κ1) is 18.2. The van der Waals surface area contributed by atoms with Crippen LogP contribution in [0, 0.1) is 0 Å². The molecule has 2 aliphatic rings. The van der Waals surface area contributed by atoms with Crippen LogP contribution in [0.1, 0.15) is 53.3 Å². The highest BCUT2D eigenvalue weighted by Gasteiger charge is 2.28. The largest absolute Gasteiger partial charge is 0.454 e. The zero-order chi connectivity index (χ0) is 18.9. The number of piperidine rings is 1. The number of carbonyl (C=O) groups excluding carboxylic acids is 1. The summed E-state index contributed by atoms with van der Waals surface area (Å²) in [6, 6.07) is 14.1. The van der Waals surface area contributed by atoms with Crippen molar-refractivity contribution in [1.82, 2.24) is 4.31 Å². The van der Waals surface area contributed by atoms with Crippen LogP contribution in [-0.4, -0.2) is 31.8 Å². The van der Waals surface area contributed by atoms with Gasteiger partial charge in [-0.15, -0.1) is 0 Å². The Morgan fingerprint density at radius 1 is 0.963 bits per heavy atom. The summed E-state index contributed by atoms with van der Waals surface area (Å²) in [5.41, 5.74) is 2.66. The van der Waals surface area contributed by atoms with Crippen molar-refractivity contribution in [3.8, 4) is 0 Å². The molecule has 0 unspecified atom stereocenters. The van der Waals surface area contributed by atoms with Gasteiger partial charge in [0.05, 0.1) is 10.5 Å². The lowest BCUT2D eigenvalue weighted by atomic mass is 10.1. The third-order valence-electron chi connectivity index (χ3n) is 5.37. The molecule has 27 heavy (non-hydrogen) atoms. The summed E-state index contributed by atoms with van der Waals surface area (Å²) < 4.78 is 32.6.